The maximum atomic E-state index is 11.5. The zero-order valence-electron chi connectivity index (χ0n) is 13.8. The quantitative estimate of drug-likeness (QED) is 0.306. The molecule has 0 spiro atoms. The number of hydrogen-bond acceptors (Lipinski definition) is 5. The Kier molecular flexibility index (Phi) is 39.6. The zero-order valence-corrected chi connectivity index (χ0v) is 21.8. The van der Waals surface area contributed by atoms with E-state index in [0.717, 1.165) is 6.26 Å². The van der Waals surface area contributed by atoms with Crippen molar-refractivity contribution < 1.29 is 100 Å². The summed E-state index contributed by atoms with van der Waals surface area (Å²) >= 11 is 0. The van der Waals surface area contributed by atoms with E-state index < -0.39 is 34.0 Å². The Morgan fingerprint density at radius 2 is 1.58 bits per heavy atom. The summed E-state index contributed by atoms with van der Waals surface area (Å²) in [5.74, 6) is -2.03. The fraction of sp³-hybridized carbons (Fsp3) is 0.583. The van der Waals surface area contributed by atoms with Crippen LogP contribution in [-0.4, -0.2) is 50.5 Å². The fourth-order valence-electron chi connectivity index (χ4n) is 0.988. The molecule has 0 aromatic heterocycles. The molecular weight excluding hydrogens is 624 g/mol. The minimum atomic E-state index is -3.68. The average Bonchev–Trinajstić information content (AvgIpc) is 2.44. The van der Waals surface area contributed by atoms with Crippen molar-refractivity contribution in [1.82, 2.24) is 5.32 Å². The van der Waals surface area contributed by atoms with Crippen molar-refractivity contribution >= 4 is 28.7 Å². The number of aliphatic carboxylic acids is 1. The minimum Gasteiger partial charge on any atom is -0.545 e. The number of carboxylic acid groups (broad SMARTS) is 1. The molecule has 0 aliphatic rings. The van der Waals surface area contributed by atoms with Crippen LogP contribution in [0.15, 0.2) is 0 Å². The van der Waals surface area contributed by atoms with Crippen molar-refractivity contribution in [2.75, 3.05) is 6.26 Å². The third-order valence-corrected chi connectivity index (χ3v) is 2.44. The third-order valence-electron chi connectivity index (χ3n) is 1.80. The molecule has 8 nitrogen and oxygen atoms in total. The molecule has 138 valence electrons. The van der Waals surface area contributed by atoms with Crippen molar-refractivity contribution in [2.45, 2.75) is 38.8 Å². The number of carbonyl (C=O) groups excluding carboxylic acids is 2. The molecule has 2 radical (unpaired) electrons. The Balaban J connectivity index is -0.000000107. The maximum absolute atomic E-state index is 11.5. The van der Waals surface area contributed by atoms with E-state index in [1.54, 1.807) is 0 Å². The van der Waals surface area contributed by atoms with E-state index in [0.29, 0.717) is 0 Å². The first-order valence-electron chi connectivity index (χ1n) is 5.98. The van der Waals surface area contributed by atoms with Gasteiger partial charge in [-0.15, -0.1) is 0 Å². The Morgan fingerprint density at radius 3 is 1.79 bits per heavy atom. The number of carbonyl (C=O) groups is 2. The summed E-state index contributed by atoms with van der Waals surface area (Å²) in [6.07, 6.45) is 0.713. The molecule has 24 heavy (non-hydrogen) atoms. The van der Waals surface area contributed by atoms with Gasteiger partial charge in [0.05, 0.1) is 16.1 Å². The van der Waals surface area contributed by atoms with E-state index in [2.05, 4.69) is 30.7 Å². The number of sulfonamides is 1. The Hall–Kier alpha value is 0.897. The number of amides is 1. The molecule has 2 atom stereocenters. The van der Waals surface area contributed by atoms with Crippen molar-refractivity contribution in [2.24, 2.45) is 0 Å². The summed E-state index contributed by atoms with van der Waals surface area (Å²) < 4.78 is 25.0. The number of nitrogens with one attached hydrogen (secondary N) is 1. The van der Waals surface area contributed by atoms with Gasteiger partial charge in [0.1, 0.15) is 0 Å². The summed E-state index contributed by atoms with van der Waals surface area (Å²) in [6, 6.07) is -2.37. The van der Waals surface area contributed by atoms with Crippen LogP contribution in [0.5, 0.6) is 0 Å². The first-order chi connectivity index (χ1) is 9.71. The predicted molar refractivity (Wildman–Crippen MR) is 79.6 cm³/mol. The summed E-state index contributed by atoms with van der Waals surface area (Å²) in [5.41, 5.74) is 0. The van der Waals surface area contributed by atoms with E-state index >= 15 is 0 Å². The average molecular weight is 646 g/mol. The molecule has 0 saturated carbocycles. The molecule has 1 unspecified atom stereocenters. The second-order valence-corrected chi connectivity index (χ2v) is 5.01. The van der Waals surface area contributed by atoms with Crippen LogP contribution >= 0.6 is 0 Å². The fourth-order valence-corrected chi connectivity index (χ4v) is 1.65. The number of rotatable bonds is 7. The number of nitrogens with zero attached hydrogens (tertiary/aromatic N) is 1. The van der Waals surface area contributed by atoms with Crippen LogP contribution in [0.3, 0.4) is 0 Å². The molecule has 2 N–H and O–H groups in total. The standard InChI is InChI=1S/C9H15N2O5S.C2H6.CHO.V.W.Y/c1-4-6(11-17(3,15)16)8(12)10-7(5-2)9(13)14;2*1-2;;;/h6-7H,1-2,4-5H2,3H3,(H,10,12)(H,13,14);1-2H3;1H;;;/q-3;;-1;;+2;/t6?,7-;;;;;/m0...../s1. The maximum Gasteiger partial charge on any atom is 2.00 e. The van der Waals surface area contributed by atoms with Gasteiger partial charge in [-0.25, -0.2) is 8.42 Å². The van der Waals surface area contributed by atoms with Gasteiger partial charge in [0, 0.05) is 57.5 Å². The summed E-state index contributed by atoms with van der Waals surface area (Å²) in [5, 5.41) is 10.8. The molecule has 0 aromatic rings. The van der Waals surface area contributed by atoms with Crippen molar-refractivity contribution in [1.29, 1.82) is 0 Å². The molecule has 0 aliphatic heterocycles. The van der Waals surface area contributed by atoms with Gasteiger partial charge in [-0.2, -0.15) is 12.8 Å². The van der Waals surface area contributed by atoms with Crippen LogP contribution in [-0.2, 0) is 96.7 Å². The summed E-state index contributed by atoms with van der Waals surface area (Å²) in [6.45, 7) is 14.0. The minimum absolute atomic E-state index is 0. The third kappa shape index (κ3) is 22.9. The van der Waals surface area contributed by atoms with E-state index in [1.165, 1.54) is 0 Å². The van der Waals surface area contributed by atoms with Gasteiger partial charge in [-0.3, -0.25) is 16.4 Å². The van der Waals surface area contributed by atoms with Gasteiger partial charge in [0.25, 0.3) is 0 Å². The molecule has 0 aromatic carbocycles. The SMILES string of the molecule is CC.[CH-]=O.[CH2-]CC([N-]S(C)(=O)=O)C(=O)N[C@@H](C[CH2-])C(=O)O.[V].[W+2].[Y]. The van der Waals surface area contributed by atoms with Crippen LogP contribution in [0.2, 0.25) is 0 Å². The molecule has 0 fully saturated rings. The van der Waals surface area contributed by atoms with E-state index in [1.807, 2.05) is 13.8 Å². The monoisotopic (exact) mass is 646 g/mol. The molecular formula is C12H22N2O6SVWY-2. The van der Waals surface area contributed by atoms with Gasteiger partial charge >= 0.3 is 27.0 Å². The van der Waals surface area contributed by atoms with Crippen LogP contribution in [0.4, 0.5) is 0 Å². The van der Waals surface area contributed by atoms with Crippen LogP contribution in [0.25, 0.3) is 4.72 Å². The van der Waals surface area contributed by atoms with Crippen LogP contribution < -0.4 is 5.32 Å². The number of hydrogen-bond donors (Lipinski definition) is 2. The van der Waals surface area contributed by atoms with Crippen molar-refractivity contribution in [3.05, 3.63) is 18.6 Å². The first kappa shape index (κ1) is 39.8. The Bertz CT molecular complexity index is 414. The van der Waals surface area contributed by atoms with Crippen LogP contribution in [0, 0.1) is 13.8 Å². The van der Waals surface area contributed by atoms with Crippen LogP contribution in [0.1, 0.15) is 26.7 Å². The smallest absolute Gasteiger partial charge is 0.545 e. The van der Waals surface area contributed by atoms with Gasteiger partial charge in [0.15, 0.2) is 0 Å². The van der Waals surface area contributed by atoms with Gasteiger partial charge in [-0.05, 0) is 0 Å². The van der Waals surface area contributed by atoms with Gasteiger partial charge in [0.2, 0.25) is 5.91 Å². The molecule has 12 heteroatoms. The van der Waals surface area contributed by atoms with Gasteiger partial charge in [-0.1, -0.05) is 19.9 Å². The topological polar surface area (TPSA) is 132 Å². The Labute approximate surface area is 196 Å². The van der Waals surface area contributed by atoms with Gasteiger partial charge < -0.3 is 33.8 Å². The summed E-state index contributed by atoms with van der Waals surface area (Å²) in [7, 11) is -3.68. The molecule has 0 rings (SSSR count). The molecule has 0 heterocycles. The second kappa shape index (κ2) is 23.9. The first-order valence-corrected chi connectivity index (χ1v) is 7.83. The molecule has 0 saturated heterocycles. The summed E-state index contributed by atoms with van der Waals surface area (Å²) in [4.78, 5) is 29.9. The predicted octanol–water partition coefficient (Wildman–Crippen LogP) is 0.451. The Morgan fingerprint density at radius 1 is 1.21 bits per heavy atom. The largest absolute Gasteiger partial charge is 2.00 e. The number of carboxylic acids is 1. The molecule has 1 amide bonds. The zero-order chi connectivity index (χ0) is 17.6. The normalized spacial score (nSPS) is 11.0. The van der Waals surface area contributed by atoms with E-state index in [4.69, 9.17) is 9.90 Å². The van der Waals surface area contributed by atoms with Crippen molar-refractivity contribution in [3.63, 3.8) is 0 Å². The van der Waals surface area contributed by atoms with E-state index in [-0.39, 0.29) is 85.2 Å². The van der Waals surface area contributed by atoms with Crippen molar-refractivity contribution in [3.8, 4) is 0 Å². The molecule has 0 bridgehead atoms. The molecule has 0 aliphatic carbocycles. The van der Waals surface area contributed by atoms with E-state index in [9.17, 15) is 18.0 Å². The second-order valence-electron chi connectivity index (χ2n) is 3.33.